The zero-order valence-corrected chi connectivity index (χ0v) is 16.4. The number of benzene rings is 2. The summed E-state index contributed by atoms with van der Waals surface area (Å²) in [5, 5.41) is 8.89. The Labute approximate surface area is 168 Å². The molecule has 0 aliphatic heterocycles. The molecule has 0 aliphatic carbocycles. The first-order valence-corrected chi connectivity index (χ1v) is 9.21. The van der Waals surface area contributed by atoms with Gasteiger partial charge in [-0.25, -0.2) is 0 Å². The molecule has 27 heavy (non-hydrogen) atoms. The highest BCUT2D eigenvalue weighted by Gasteiger charge is 2.11. The van der Waals surface area contributed by atoms with Crippen LogP contribution in [0.1, 0.15) is 29.3 Å². The molecule has 2 rings (SSSR count). The van der Waals surface area contributed by atoms with Gasteiger partial charge in [0.1, 0.15) is 0 Å². The number of hydrogen-bond acceptors (Lipinski definition) is 3. The van der Waals surface area contributed by atoms with Crippen molar-refractivity contribution in [3.63, 3.8) is 0 Å². The fourth-order valence-corrected chi connectivity index (χ4v) is 2.62. The van der Waals surface area contributed by atoms with Crippen LogP contribution in [0.5, 0.6) is 0 Å². The number of para-hydroxylation sites is 1. The molecule has 0 aromatic heterocycles. The number of halogens is 1. The molecule has 0 heterocycles. The number of carbonyl (C=O) groups excluding carboxylic acids is 2. The lowest BCUT2D eigenvalue weighted by Crippen LogP contribution is -2.34. The third kappa shape index (κ3) is 6.51. The molecule has 0 saturated carbocycles. The van der Waals surface area contributed by atoms with Crippen LogP contribution in [-0.2, 0) is 4.79 Å². The highest BCUT2D eigenvalue weighted by molar-refractivity contribution is 7.80. The van der Waals surface area contributed by atoms with Gasteiger partial charge in [-0.15, -0.1) is 0 Å². The summed E-state index contributed by atoms with van der Waals surface area (Å²) in [7, 11) is 0. The van der Waals surface area contributed by atoms with E-state index in [9.17, 15) is 9.59 Å². The topological polar surface area (TPSA) is 70.2 Å². The van der Waals surface area contributed by atoms with E-state index in [1.165, 1.54) is 6.08 Å². The van der Waals surface area contributed by atoms with Gasteiger partial charge in [0.15, 0.2) is 5.11 Å². The normalized spacial score (nSPS) is 10.4. The molecule has 140 valence electrons. The van der Waals surface area contributed by atoms with E-state index in [1.54, 1.807) is 42.5 Å². The smallest absolute Gasteiger partial charge is 0.253 e. The van der Waals surface area contributed by atoms with Crippen LogP contribution in [0.15, 0.2) is 54.6 Å². The predicted molar refractivity (Wildman–Crippen MR) is 114 cm³/mol. The Morgan fingerprint density at radius 1 is 1.11 bits per heavy atom. The van der Waals surface area contributed by atoms with Crippen LogP contribution in [0.4, 0.5) is 5.69 Å². The lowest BCUT2D eigenvalue weighted by Gasteiger charge is -2.12. The van der Waals surface area contributed by atoms with Crippen molar-refractivity contribution in [3.8, 4) is 0 Å². The molecule has 0 unspecified atom stereocenters. The van der Waals surface area contributed by atoms with Crippen molar-refractivity contribution in [2.24, 2.45) is 0 Å². The minimum Gasteiger partial charge on any atom is -0.352 e. The lowest BCUT2D eigenvalue weighted by molar-refractivity contribution is -0.115. The van der Waals surface area contributed by atoms with E-state index in [0.29, 0.717) is 22.8 Å². The molecular weight excluding hydrogens is 382 g/mol. The highest BCUT2D eigenvalue weighted by atomic mass is 35.5. The minimum atomic E-state index is -0.402. The van der Waals surface area contributed by atoms with Gasteiger partial charge < -0.3 is 10.6 Å². The van der Waals surface area contributed by atoms with Crippen molar-refractivity contribution >= 4 is 52.5 Å². The molecule has 0 atom stereocenters. The Kier molecular flexibility index (Phi) is 7.98. The summed E-state index contributed by atoms with van der Waals surface area (Å²) < 4.78 is 0. The SMILES string of the molecule is CCCNC(=O)c1ccccc1NC(=S)NC(=O)/C=C/c1ccccc1Cl. The van der Waals surface area contributed by atoms with Gasteiger partial charge in [0.2, 0.25) is 5.91 Å². The first-order chi connectivity index (χ1) is 13.0. The summed E-state index contributed by atoms with van der Waals surface area (Å²) in [6.45, 7) is 2.56. The van der Waals surface area contributed by atoms with Gasteiger partial charge in [0, 0.05) is 17.6 Å². The summed E-state index contributed by atoms with van der Waals surface area (Å²) in [4.78, 5) is 24.3. The molecule has 7 heteroatoms. The second-order valence-electron chi connectivity index (χ2n) is 5.60. The van der Waals surface area contributed by atoms with Gasteiger partial charge in [0.25, 0.3) is 5.91 Å². The van der Waals surface area contributed by atoms with Crippen LogP contribution in [0.2, 0.25) is 5.02 Å². The largest absolute Gasteiger partial charge is 0.352 e. The summed E-state index contributed by atoms with van der Waals surface area (Å²) in [5.74, 6) is -0.604. The van der Waals surface area contributed by atoms with Crippen molar-refractivity contribution in [2.45, 2.75) is 13.3 Å². The average molecular weight is 402 g/mol. The summed E-state index contributed by atoms with van der Waals surface area (Å²) in [6, 6.07) is 14.1. The van der Waals surface area contributed by atoms with Crippen LogP contribution in [0, 0.1) is 0 Å². The summed E-state index contributed by atoms with van der Waals surface area (Å²) in [6.07, 6.45) is 3.79. The van der Waals surface area contributed by atoms with Crippen LogP contribution in [0.25, 0.3) is 6.08 Å². The van der Waals surface area contributed by atoms with E-state index in [1.807, 2.05) is 19.1 Å². The van der Waals surface area contributed by atoms with Crippen molar-refractivity contribution in [1.29, 1.82) is 0 Å². The molecule has 2 aromatic carbocycles. The second-order valence-corrected chi connectivity index (χ2v) is 6.42. The van der Waals surface area contributed by atoms with Crippen LogP contribution < -0.4 is 16.0 Å². The van der Waals surface area contributed by atoms with Crippen LogP contribution >= 0.6 is 23.8 Å². The van der Waals surface area contributed by atoms with Crippen molar-refractivity contribution in [3.05, 3.63) is 70.8 Å². The molecule has 0 bridgehead atoms. The van der Waals surface area contributed by atoms with E-state index in [-0.39, 0.29) is 11.0 Å². The number of nitrogens with one attached hydrogen (secondary N) is 3. The third-order valence-corrected chi connectivity index (χ3v) is 4.06. The Morgan fingerprint density at radius 3 is 2.56 bits per heavy atom. The van der Waals surface area contributed by atoms with E-state index in [2.05, 4.69) is 16.0 Å². The Balaban J connectivity index is 1.98. The molecule has 0 fully saturated rings. The second kappa shape index (κ2) is 10.4. The molecule has 5 nitrogen and oxygen atoms in total. The van der Waals surface area contributed by atoms with Gasteiger partial charge in [-0.1, -0.05) is 48.9 Å². The maximum Gasteiger partial charge on any atom is 0.253 e. The molecule has 3 N–H and O–H groups in total. The lowest BCUT2D eigenvalue weighted by atomic mass is 10.1. The van der Waals surface area contributed by atoms with Crippen LogP contribution in [-0.4, -0.2) is 23.5 Å². The number of anilines is 1. The molecule has 0 radical (unpaired) electrons. The van der Waals surface area contributed by atoms with E-state index in [0.717, 1.165) is 12.0 Å². The fraction of sp³-hybridized carbons (Fsp3) is 0.150. The monoisotopic (exact) mass is 401 g/mol. The summed E-state index contributed by atoms with van der Waals surface area (Å²) in [5.41, 5.74) is 1.70. The Bertz CT molecular complexity index is 868. The molecule has 0 saturated heterocycles. The molecule has 2 aromatic rings. The Morgan fingerprint density at radius 2 is 1.81 bits per heavy atom. The van der Waals surface area contributed by atoms with Gasteiger partial charge in [-0.2, -0.15) is 0 Å². The fourth-order valence-electron chi connectivity index (χ4n) is 2.21. The number of rotatable bonds is 6. The number of carbonyl (C=O) groups is 2. The standard InChI is InChI=1S/C20H20ClN3O2S/c1-2-13-22-19(26)15-8-4-6-10-17(15)23-20(27)24-18(25)12-11-14-7-3-5-9-16(14)21/h3-12H,2,13H2,1H3,(H,22,26)(H2,23,24,25,27)/b12-11+. The van der Waals surface area contributed by atoms with Crippen molar-refractivity contribution in [1.82, 2.24) is 10.6 Å². The average Bonchev–Trinajstić information content (AvgIpc) is 2.65. The third-order valence-electron chi connectivity index (χ3n) is 3.51. The number of amides is 2. The number of hydrogen-bond donors (Lipinski definition) is 3. The number of thiocarbonyl (C=S) groups is 1. The quantitative estimate of drug-likeness (QED) is 0.505. The first-order valence-electron chi connectivity index (χ1n) is 8.43. The molecule has 0 aliphatic rings. The van der Waals surface area contributed by atoms with Gasteiger partial charge in [0.05, 0.1) is 11.3 Å². The minimum absolute atomic E-state index is 0.0968. The van der Waals surface area contributed by atoms with Crippen molar-refractivity contribution < 1.29 is 9.59 Å². The predicted octanol–water partition coefficient (Wildman–Crippen LogP) is 4.01. The van der Waals surface area contributed by atoms with Crippen LogP contribution in [0.3, 0.4) is 0 Å². The molecule has 0 spiro atoms. The zero-order valence-electron chi connectivity index (χ0n) is 14.8. The maximum atomic E-state index is 12.2. The molecule has 2 amide bonds. The van der Waals surface area contributed by atoms with E-state index >= 15 is 0 Å². The van der Waals surface area contributed by atoms with Gasteiger partial charge in [-0.3, -0.25) is 14.9 Å². The molecular formula is C20H20ClN3O2S. The van der Waals surface area contributed by atoms with Crippen molar-refractivity contribution in [2.75, 3.05) is 11.9 Å². The van der Waals surface area contributed by atoms with Gasteiger partial charge in [-0.05, 0) is 48.5 Å². The summed E-state index contributed by atoms with van der Waals surface area (Å²) >= 11 is 11.2. The van der Waals surface area contributed by atoms with Gasteiger partial charge >= 0.3 is 0 Å². The van der Waals surface area contributed by atoms with E-state index < -0.39 is 5.91 Å². The Hall–Kier alpha value is -2.70. The first kappa shape index (κ1) is 20.6. The maximum absolute atomic E-state index is 12.2. The van der Waals surface area contributed by atoms with E-state index in [4.69, 9.17) is 23.8 Å². The highest BCUT2D eigenvalue weighted by Crippen LogP contribution is 2.16. The zero-order chi connectivity index (χ0) is 19.6.